The lowest BCUT2D eigenvalue weighted by Crippen LogP contribution is -2.21. The molecule has 1 nitrogen and oxygen atoms in total. The minimum Gasteiger partial charge on any atom is -0.299 e. The summed E-state index contributed by atoms with van der Waals surface area (Å²) in [5, 5.41) is 1.50. The SMILES string of the molecule is CC(C)c1ccc(C(c2cc(Cl)c(C(C)C)c(Cl)c2)N(C)C)cc1. The summed E-state index contributed by atoms with van der Waals surface area (Å²) in [6, 6.07) is 13.1. The average Bonchev–Trinajstić information content (AvgIpc) is 2.46. The van der Waals surface area contributed by atoms with Gasteiger partial charge in [-0.3, -0.25) is 4.90 Å². The van der Waals surface area contributed by atoms with Crippen LogP contribution in [0.3, 0.4) is 0 Å². The van der Waals surface area contributed by atoms with Crippen LogP contribution < -0.4 is 0 Å². The third-order valence-corrected chi connectivity index (χ3v) is 5.06. The van der Waals surface area contributed by atoms with Gasteiger partial charge < -0.3 is 0 Å². The van der Waals surface area contributed by atoms with Crippen LogP contribution in [-0.4, -0.2) is 19.0 Å². The van der Waals surface area contributed by atoms with Crippen LogP contribution in [0.15, 0.2) is 36.4 Å². The van der Waals surface area contributed by atoms with Crippen LogP contribution in [0.2, 0.25) is 10.0 Å². The van der Waals surface area contributed by atoms with Crippen LogP contribution in [0.4, 0.5) is 0 Å². The third-order valence-electron chi connectivity index (χ3n) is 4.43. The maximum atomic E-state index is 6.53. The monoisotopic (exact) mass is 363 g/mol. The van der Waals surface area contributed by atoms with Gasteiger partial charge in [-0.05, 0) is 60.3 Å². The Kier molecular flexibility index (Phi) is 6.36. The molecule has 0 bridgehead atoms. The molecule has 130 valence electrons. The Bertz CT molecular complexity index is 664. The zero-order chi connectivity index (χ0) is 18.0. The van der Waals surface area contributed by atoms with E-state index < -0.39 is 0 Å². The van der Waals surface area contributed by atoms with E-state index in [1.807, 2.05) is 0 Å². The maximum absolute atomic E-state index is 6.53. The van der Waals surface area contributed by atoms with Gasteiger partial charge >= 0.3 is 0 Å². The summed E-state index contributed by atoms with van der Waals surface area (Å²) in [7, 11) is 4.17. The summed E-state index contributed by atoms with van der Waals surface area (Å²) in [5.74, 6) is 0.841. The van der Waals surface area contributed by atoms with Crippen molar-refractivity contribution in [2.24, 2.45) is 0 Å². The summed E-state index contributed by atoms with van der Waals surface area (Å²) in [5.41, 5.74) is 4.74. The van der Waals surface area contributed by atoms with Crippen molar-refractivity contribution in [2.75, 3.05) is 14.1 Å². The van der Waals surface area contributed by atoms with E-state index in [0.29, 0.717) is 11.8 Å². The molecule has 2 rings (SSSR count). The van der Waals surface area contributed by atoms with Crippen molar-refractivity contribution in [3.8, 4) is 0 Å². The van der Waals surface area contributed by atoms with E-state index in [-0.39, 0.29) is 6.04 Å². The van der Waals surface area contributed by atoms with E-state index in [1.54, 1.807) is 0 Å². The van der Waals surface area contributed by atoms with E-state index in [0.717, 1.165) is 21.2 Å². The molecule has 0 radical (unpaired) electrons. The molecule has 0 spiro atoms. The number of halogens is 2. The van der Waals surface area contributed by atoms with E-state index in [1.165, 1.54) is 11.1 Å². The number of hydrogen-bond donors (Lipinski definition) is 0. The van der Waals surface area contributed by atoms with Gasteiger partial charge in [-0.2, -0.15) is 0 Å². The molecule has 0 heterocycles. The van der Waals surface area contributed by atoms with E-state index in [2.05, 4.69) is 83.1 Å². The van der Waals surface area contributed by atoms with E-state index in [9.17, 15) is 0 Å². The molecule has 0 aromatic heterocycles. The normalized spacial score (nSPS) is 13.1. The minimum atomic E-state index is 0.127. The average molecular weight is 364 g/mol. The van der Waals surface area contributed by atoms with Crippen molar-refractivity contribution in [1.82, 2.24) is 4.90 Å². The zero-order valence-corrected chi connectivity index (χ0v) is 16.9. The summed E-state index contributed by atoms with van der Waals surface area (Å²) >= 11 is 13.1. The lowest BCUT2D eigenvalue weighted by molar-refractivity contribution is 0.342. The highest BCUT2D eigenvalue weighted by atomic mass is 35.5. The molecule has 2 aromatic rings. The molecule has 2 aromatic carbocycles. The standard InChI is InChI=1S/C21H27Cl2N/c1-13(2)15-7-9-16(10-8-15)21(24(5)6)17-11-18(22)20(14(3)4)19(23)12-17/h7-14,21H,1-6H3. The van der Waals surface area contributed by atoms with Crippen LogP contribution in [-0.2, 0) is 0 Å². The Morgan fingerprint density at radius 1 is 0.708 bits per heavy atom. The highest BCUT2D eigenvalue weighted by molar-refractivity contribution is 6.36. The van der Waals surface area contributed by atoms with Gasteiger partial charge in [-0.1, -0.05) is 75.2 Å². The number of rotatable bonds is 5. The van der Waals surface area contributed by atoms with E-state index in [4.69, 9.17) is 23.2 Å². The molecular weight excluding hydrogens is 337 g/mol. The number of nitrogens with zero attached hydrogens (tertiary/aromatic N) is 1. The molecule has 1 atom stereocenters. The van der Waals surface area contributed by atoms with Crippen molar-refractivity contribution in [3.05, 3.63) is 68.7 Å². The summed E-state index contributed by atoms with van der Waals surface area (Å²) in [4.78, 5) is 2.20. The Labute approximate surface area is 156 Å². The second kappa shape index (κ2) is 7.91. The van der Waals surface area contributed by atoms with Gasteiger partial charge in [-0.15, -0.1) is 0 Å². The van der Waals surface area contributed by atoms with Crippen LogP contribution >= 0.6 is 23.2 Å². The van der Waals surface area contributed by atoms with Crippen LogP contribution in [0.1, 0.15) is 67.8 Å². The lowest BCUT2D eigenvalue weighted by Gasteiger charge is -2.27. The lowest BCUT2D eigenvalue weighted by atomic mass is 9.92. The van der Waals surface area contributed by atoms with Gasteiger partial charge in [0.15, 0.2) is 0 Å². The first-order chi connectivity index (χ1) is 11.2. The smallest absolute Gasteiger partial charge is 0.0597 e. The predicted molar refractivity (Wildman–Crippen MR) is 107 cm³/mol. The largest absolute Gasteiger partial charge is 0.299 e. The van der Waals surface area contributed by atoms with Gasteiger partial charge in [0.05, 0.1) is 6.04 Å². The molecule has 24 heavy (non-hydrogen) atoms. The second-order valence-corrected chi connectivity index (χ2v) is 8.05. The first-order valence-corrected chi connectivity index (χ1v) is 9.23. The molecule has 0 N–H and O–H groups in total. The first kappa shape index (κ1) is 19.3. The minimum absolute atomic E-state index is 0.127. The highest BCUT2D eigenvalue weighted by Crippen LogP contribution is 2.37. The van der Waals surface area contributed by atoms with Gasteiger partial charge in [0, 0.05) is 10.0 Å². The highest BCUT2D eigenvalue weighted by Gasteiger charge is 2.20. The topological polar surface area (TPSA) is 3.24 Å². The summed E-state index contributed by atoms with van der Waals surface area (Å²) in [6.07, 6.45) is 0. The van der Waals surface area contributed by atoms with Crippen molar-refractivity contribution >= 4 is 23.2 Å². The second-order valence-electron chi connectivity index (χ2n) is 7.24. The van der Waals surface area contributed by atoms with E-state index >= 15 is 0 Å². The molecule has 0 saturated heterocycles. The van der Waals surface area contributed by atoms with Crippen LogP contribution in [0, 0.1) is 0 Å². The Balaban J connectivity index is 2.48. The summed E-state index contributed by atoms with van der Waals surface area (Å²) < 4.78 is 0. The summed E-state index contributed by atoms with van der Waals surface area (Å²) in [6.45, 7) is 8.65. The Hall–Kier alpha value is -1.02. The quantitative estimate of drug-likeness (QED) is 0.558. The van der Waals surface area contributed by atoms with Gasteiger partial charge in [0.1, 0.15) is 0 Å². The zero-order valence-electron chi connectivity index (χ0n) is 15.4. The molecule has 0 amide bonds. The number of hydrogen-bond acceptors (Lipinski definition) is 1. The maximum Gasteiger partial charge on any atom is 0.0597 e. The fourth-order valence-electron chi connectivity index (χ4n) is 3.17. The van der Waals surface area contributed by atoms with Crippen molar-refractivity contribution < 1.29 is 0 Å². The van der Waals surface area contributed by atoms with Crippen LogP contribution in [0.5, 0.6) is 0 Å². The third kappa shape index (κ3) is 4.14. The van der Waals surface area contributed by atoms with Crippen molar-refractivity contribution in [1.29, 1.82) is 0 Å². The molecule has 0 fully saturated rings. The van der Waals surface area contributed by atoms with Gasteiger partial charge in [-0.25, -0.2) is 0 Å². The molecule has 1 unspecified atom stereocenters. The van der Waals surface area contributed by atoms with Crippen molar-refractivity contribution in [2.45, 2.75) is 45.6 Å². The Morgan fingerprint density at radius 3 is 1.54 bits per heavy atom. The molecule has 0 aliphatic rings. The molecular formula is C21H27Cl2N. The molecule has 0 aliphatic heterocycles. The molecule has 3 heteroatoms. The van der Waals surface area contributed by atoms with Gasteiger partial charge in [0.25, 0.3) is 0 Å². The van der Waals surface area contributed by atoms with Gasteiger partial charge in [0.2, 0.25) is 0 Å². The fraction of sp³-hybridized carbons (Fsp3) is 0.429. The molecule has 0 aliphatic carbocycles. The Morgan fingerprint density at radius 2 is 1.17 bits per heavy atom. The predicted octanol–water partition coefficient (Wildman–Crippen LogP) is 6.89. The molecule has 0 saturated carbocycles. The first-order valence-electron chi connectivity index (χ1n) is 8.47. The number of benzene rings is 2. The van der Waals surface area contributed by atoms with Crippen LogP contribution in [0.25, 0.3) is 0 Å². The fourth-order valence-corrected chi connectivity index (χ4v) is 4.11. The van der Waals surface area contributed by atoms with Crippen molar-refractivity contribution in [3.63, 3.8) is 0 Å².